The molecule has 0 spiro atoms. The van der Waals surface area contributed by atoms with Crippen molar-refractivity contribution in [3.05, 3.63) is 49.6 Å². The van der Waals surface area contributed by atoms with Crippen molar-refractivity contribution in [3.8, 4) is 11.5 Å². The normalized spacial score (nSPS) is 9.32. The van der Waals surface area contributed by atoms with Crippen molar-refractivity contribution in [3.63, 3.8) is 0 Å². The third-order valence-electron chi connectivity index (χ3n) is 5.41. The summed E-state index contributed by atoms with van der Waals surface area (Å²) in [6.45, 7) is 17.1. The monoisotopic (exact) mass is 642 g/mol. The van der Waals surface area contributed by atoms with E-state index in [1.807, 2.05) is 6.92 Å². The SMILES string of the molecule is C=CC(=O)Cl.C=CC(=O)N(CCCCCC)CC(=O)OCC.CCCCCCNCC(=O)OCC.COc1ccc(O)cc1. The number of nitrogens with one attached hydrogen (secondary N) is 1. The molecule has 44 heavy (non-hydrogen) atoms. The molecule has 0 aliphatic rings. The van der Waals surface area contributed by atoms with E-state index in [-0.39, 0.29) is 30.1 Å². The number of allylic oxidation sites excluding steroid dienone is 1. The number of rotatable bonds is 19. The lowest BCUT2D eigenvalue weighted by Gasteiger charge is -2.19. The lowest BCUT2D eigenvalue weighted by molar-refractivity contribution is -0.147. The van der Waals surface area contributed by atoms with Gasteiger partial charge in [-0.15, -0.1) is 0 Å². The minimum Gasteiger partial charge on any atom is -0.508 e. The number of phenols is 1. The predicted molar refractivity (Wildman–Crippen MR) is 177 cm³/mol. The zero-order valence-corrected chi connectivity index (χ0v) is 28.2. The number of hydrogen-bond donors (Lipinski definition) is 2. The topological polar surface area (TPSA) is 131 Å². The number of ether oxygens (including phenoxy) is 3. The van der Waals surface area contributed by atoms with Gasteiger partial charge in [0, 0.05) is 6.54 Å². The number of nitrogens with zero attached hydrogens (tertiary/aromatic N) is 1. The van der Waals surface area contributed by atoms with Crippen molar-refractivity contribution >= 4 is 34.7 Å². The number of halogens is 1. The number of aromatic hydroxyl groups is 1. The fourth-order valence-corrected chi connectivity index (χ4v) is 3.15. The molecule has 0 heterocycles. The molecular formula is C33H55ClN2O8. The van der Waals surface area contributed by atoms with Gasteiger partial charge >= 0.3 is 11.9 Å². The van der Waals surface area contributed by atoms with Gasteiger partial charge in [-0.3, -0.25) is 19.2 Å². The number of hydrogen-bond acceptors (Lipinski definition) is 9. The molecule has 0 bridgehead atoms. The van der Waals surface area contributed by atoms with Gasteiger partial charge in [-0.05, 0) is 81.3 Å². The fraction of sp³-hybridized carbons (Fsp3) is 0.576. The van der Waals surface area contributed by atoms with E-state index in [0.717, 1.165) is 50.5 Å². The van der Waals surface area contributed by atoms with E-state index in [2.05, 4.69) is 32.3 Å². The van der Waals surface area contributed by atoms with Crippen LogP contribution in [0.2, 0.25) is 0 Å². The summed E-state index contributed by atoms with van der Waals surface area (Å²) in [5, 5.41) is 11.3. The Kier molecular flexibility index (Phi) is 34.9. The molecule has 11 heteroatoms. The quantitative estimate of drug-likeness (QED) is 0.0783. The maximum atomic E-state index is 11.5. The molecule has 0 atom stereocenters. The van der Waals surface area contributed by atoms with Crippen LogP contribution in [0.1, 0.15) is 79.1 Å². The Hall–Kier alpha value is -3.37. The molecule has 1 aromatic carbocycles. The summed E-state index contributed by atoms with van der Waals surface area (Å²) in [7, 11) is 1.59. The third kappa shape index (κ3) is 33.1. The summed E-state index contributed by atoms with van der Waals surface area (Å²) in [6.07, 6.45) is 11.5. The zero-order chi connectivity index (χ0) is 34.0. The predicted octanol–water partition coefficient (Wildman–Crippen LogP) is 6.20. The first kappa shape index (κ1) is 45.1. The van der Waals surface area contributed by atoms with Crippen molar-refractivity contribution < 1.29 is 38.5 Å². The molecule has 10 nitrogen and oxygen atoms in total. The Morgan fingerprint density at radius 1 is 0.841 bits per heavy atom. The summed E-state index contributed by atoms with van der Waals surface area (Å²) in [5.74, 6) is 0.286. The molecule has 1 aromatic rings. The van der Waals surface area contributed by atoms with Crippen molar-refractivity contribution in [2.24, 2.45) is 0 Å². The van der Waals surface area contributed by atoms with Gasteiger partial charge < -0.3 is 29.5 Å². The van der Waals surface area contributed by atoms with Crippen molar-refractivity contribution in [2.45, 2.75) is 79.1 Å². The van der Waals surface area contributed by atoms with Gasteiger partial charge in [-0.25, -0.2) is 0 Å². The van der Waals surface area contributed by atoms with E-state index in [9.17, 15) is 19.2 Å². The number of unbranched alkanes of at least 4 members (excludes halogenated alkanes) is 6. The number of esters is 2. The van der Waals surface area contributed by atoms with E-state index in [1.54, 1.807) is 38.3 Å². The first-order valence-corrected chi connectivity index (χ1v) is 15.5. The first-order valence-electron chi connectivity index (χ1n) is 15.1. The highest BCUT2D eigenvalue weighted by molar-refractivity contribution is 6.66. The maximum Gasteiger partial charge on any atom is 0.325 e. The number of phenolic OH excluding ortho intramolecular Hbond substituents is 1. The fourth-order valence-electron chi connectivity index (χ4n) is 3.15. The molecule has 0 aromatic heterocycles. The molecule has 252 valence electrons. The van der Waals surface area contributed by atoms with Crippen molar-refractivity contribution in [2.75, 3.05) is 46.5 Å². The van der Waals surface area contributed by atoms with Crippen molar-refractivity contribution in [1.29, 1.82) is 0 Å². The number of carbonyl (C=O) groups excluding carboxylic acids is 4. The Morgan fingerprint density at radius 3 is 1.82 bits per heavy atom. The van der Waals surface area contributed by atoms with Crippen LogP contribution in [0.4, 0.5) is 0 Å². The minimum absolute atomic E-state index is 0.0187. The number of carbonyl (C=O) groups is 4. The molecule has 2 N–H and O–H groups in total. The van der Waals surface area contributed by atoms with Gasteiger partial charge in [-0.2, -0.15) is 0 Å². The molecule has 0 aliphatic carbocycles. The number of methoxy groups -OCH3 is 1. The minimum atomic E-state index is -0.509. The summed E-state index contributed by atoms with van der Waals surface area (Å²) < 4.78 is 14.5. The number of benzene rings is 1. The van der Waals surface area contributed by atoms with Crippen LogP contribution in [-0.2, 0) is 28.7 Å². The van der Waals surface area contributed by atoms with Crippen LogP contribution in [0, 0.1) is 0 Å². The van der Waals surface area contributed by atoms with E-state index in [0.29, 0.717) is 26.3 Å². The lowest BCUT2D eigenvalue weighted by Crippen LogP contribution is -2.36. The highest BCUT2D eigenvalue weighted by Crippen LogP contribution is 2.14. The van der Waals surface area contributed by atoms with Crippen LogP contribution in [0.15, 0.2) is 49.6 Å². The zero-order valence-electron chi connectivity index (χ0n) is 27.4. The van der Waals surface area contributed by atoms with E-state index in [1.165, 1.54) is 30.2 Å². The molecule has 0 saturated carbocycles. The average Bonchev–Trinajstić information content (AvgIpc) is 3.01. The summed E-state index contributed by atoms with van der Waals surface area (Å²) in [4.78, 5) is 44.6. The second-order valence-corrected chi connectivity index (χ2v) is 9.45. The van der Waals surface area contributed by atoms with E-state index >= 15 is 0 Å². The highest BCUT2D eigenvalue weighted by atomic mass is 35.5. The smallest absolute Gasteiger partial charge is 0.325 e. The highest BCUT2D eigenvalue weighted by Gasteiger charge is 2.14. The molecule has 0 fully saturated rings. The van der Waals surface area contributed by atoms with Gasteiger partial charge in [0.15, 0.2) is 0 Å². The molecule has 0 radical (unpaired) electrons. The molecule has 0 aliphatic heterocycles. The Labute approximate surface area is 269 Å². The second kappa shape index (κ2) is 34.1. The standard InChI is InChI=1S/C13H23NO3.C10H21NO2.C7H8O2.C3H3ClO/c1-4-7-8-9-10-14(12(15)5-2)11-13(16)17-6-3;1-3-5-6-7-8-11-9-10(12)13-4-2;1-9-7-4-2-6(8)3-5-7;1-2-3(4)5/h5H,2,4,6-11H2,1,3H3;11H,3-9H2,1-2H3;2-5,8H,1H3;2H,1H2. The molecule has 0 saturated heterocycles. The van der Waals surface area contributed by atoms with Crippen molar-refractivity contribution in [1.82, 2.24) is 10.2 Å². The summed E-state index contributed by atoms with van der Waals surface area (Å²) in [5.41, 5.74) is 0. The number of amides is 1. The molecule has 1 rings (SSSR count). The van der Waals surface area contributed by atoms with Crippen LogP contribution in [0.5, 0.6) is 11.5 Å². The first-order chi connectivity index (χ1) is 21.1. The van der Waals surface area contributed by atoms with E-state index < -0.39 is 5.24 Å². The maximum absolute atomic E-state index is 11.5. The van der Waals surface area contributed by atoms with E-state index in [4.69, 9.17) is 30.9 Å². The Balaban J connectivity index is -0.000000549. The lowest BCUT2D eigenvalue weighted by atomic mass is 10.2. The van der Waals surface area contributed by atoms with Crippen LogP contribution in [0.3, 0.4) is 0 Å². The Morgan fingerprint density at radius 2 is 1.36 bits per heavy atom. The average molecular weight is 643 g/mol. The van der Waals surface area contributed by atoms with Crippen LogP contribution >= 0.6 is 11.6 Å². The van der Waals surface area contributed by atoms with Gasteiger partial charge in [0.2, 0.25) is 11.1 Å². The van der Waals surface area contributed by atoms with Gasteiger partial charge in [0.25, 0.3) is 0 Å². The molecule has 1 amide bonds. The van der Waals surface area contributed by atoms with Gasteiger partial charge in [0.1, 0.15) is 18.0 Å². The molecule has 0 unspecified atom stereocenters. The molecular weight excluding hydrogens is 588 g/mol. The summed E-state index contributed by atoms with van der Waals surface area (Å²) in [6, 6.07) is 6.57. The second-order valence-electron chi connectivity index (χ2n) is 9.08. The largest absolute Gasteiger partial charge is 0.508 e. The van der Waals surface area contributed by atoms with Crippen LogP contribution in [-0.4, -0.2) is 79.6 Å². The van der Waals surface area contributed by atoms with Crippen LogP contribution in [0.25, 0.3) is 0 Å². The Bertz CT molecular complexity index is 894. The van der Waals surface area contributed by atoms with Crippen LogP contribution < -0.4 is 10.1 Å². The third-order valence-corrected chi connectivity index (χ3v) is 5.56. The van der Waals surface area contributed by atoms with Gasteiger partial charge in [-0.1, -0.05) is 65.5 Å². The summed E-state index contributed by atoms with van der Waals surface area (Å²) >= 11 is 4.71. The van der Waals surface area contributed by atoms with Gasteiger partial charge in [0.05, 0.1) is 26.9 Å².